The van der Waals surface area contributed by atoms with Crippen molar-refractivity contribution in [1.82, 2.24) is 20.4 Å². The van der Waals surface area contributed by atoms with Gasteiger partial charge in [0.25, 0.3) is 5.89 Å². The number of aromatic nitrogens is 2. The highest BCUT2D eigenvalue weighted by Gasteiger charge is 2.25. The number of carbonyl (C=O) groups excluding carboxylic acids is 1. The molecule has 2 fully saturated rings. The topological polar surface area (TPSA) is 83.7 Å². The maximum atomic E-state index is 11.9. The lowest BCUT2D eigenvalue weighted by Gasteiger charge is -2.30. The number of hydrogen-bond donors (Lipinski definition) is 1. The average Bonchev–Trinajstić information content (AvgIpc) is 3.30. The number of piperazine rings is 1. The number of nitrogens with zero attached hydrogens (tertiary/aromatic N) is 4. The number of carbonyl (C=O) groups is 1. The monoisotopic (exact) mass is 393 g/mol. The Bertz CT molecular complexity index is 784. The predicted octanol–water partition coefficient (Wildman–Crippen LogP) is 1.77. The first-order valence-electron chi connectivity index (χ1n) is 8.97. The SMILES string of the molecule is CN1CCNCC1c1noc(COc2cccc(N3CCCC3=O)c2)n1.Cl. The van der Waals surface area contributed by atoms with Crippen LogP contribution in [0, 0.1) is 0 Å². The number of rotatable bonds is 5. The molecule has 0 saturated carbocycles. The van der Waals surface area contributed by atoms with E-state index in [1.54, 1.807) is 4.90 Å². The number of benzene rings is 1. The summed E-state index contributed by atoms with van der Waals surface area (Å²) in [5.74, 6) is 1.96. The Kier molecular flexibility index (Phi) is 6.30. The van der Waals surface area contributed by atoms with E-state index in [-0.39, 0.29) is 31.0 Å². The van der Waals surface area contributed by atoms with E-state index in [1.807, 2.05) is 24.3 Å². The Morgan fingerprint density at radius 2 is 2.26 bits per heavy atom. The van der Waals surface area contributed by atoms with Crippen LogP contribution in [0.1, 0.15) is 30.6 Å². The van der Waals surface area contributed by atoms with Crippen molar-refractivity contribution in [3.63, 3.8) is 0 Å². The number of anilines is 1. The third-order valence-corrected chi connectivity index (χ3v) is 4.86. The Balaban J connectivity index is 0.00000210. The van der Waals surface area contributed by atoms with Gasteiger partial charge in [-0.05, 0) is 25.6 Å². The van der Waals surface area contributed by atoms with E-state index in [0.717, 1.165) is 38.3 Å². The molecule has 0 spiro atoms. The summed E-state index contributed by atoms with van der Waals surface area (Å²) in [5.41, 5.74) is 0.867. The molecular weight excluding hydrogens is 370 g/mol. The minimum Gasteiger partial charge on any atom is -0.484 e. The van der Waals surface area contributed by atoms with Crippen molar-refractivity contribution in [3.8, 4) is 5.75 Å². The molecule has 2 aliphatic heterocycles. The molecule has 27 heavy (non-hydrogen) atoms. The Morgan fingerprint density at radius 1 is 1.37 bits per heavy atom. The zero-order valence-electron chi connectivity index (χ0n) is 15.3. The van der Waals surface area contributed by atoms with Gasteiger partial charge in [-0.3, -0.25) is 9.69 Å². The predicted molar refractivity (Wildman–Crippen MR) is 102 cm³/mol. The second-order valence-corrected chi connectivity index (χ2v) is 6.68. The van der Waals surface area contributed by atoms with Crippen molar-refractivity contribution >= 4 is 24.0 Å². The average molecular weight is 394 g/mol. The van der Waals surface area contributed by atoms with Gasteiger partial charge in [0.05, 0.1) is 6.04 Å². The van der Waals surface area contributed by atoms with Gasteiger partial charge in [-0.1, -0.05) is 11.2 Å². The van der Waals surface area contributed by atoms with Gasteiger partial charge in [-0.2, -0.15) is 4.98 Å². The standard InChI is InChI=1S/C18H23N5O3.ClH/c1-22-9-7-19-11-15(22)18-20-16(26-21-18)12-25-14-5-2-4-13(10-14)23-8-3-6-17(23)24;/h2,4-5,10,15,19H,3,6-9,11-12H2,1H3;1H. The minimum atomic E-state index is 0. The molecule has 2 aromatic rings. The largest absolute Gasteiger partial charge is 0.484 e. The number of likely N-dealkylation sites (N-methyl/N-ethyl adjacent to an activating group) is 1. The van der Waals surface area contributed by atoms with E-state index < -0.39 is 0 Å². The highest BCUT2D eigenvalue weighted by molar-refractivity contribution is 5.95. The molecule has 8 nitrogen and oxygen atoms in total. The van der Waals surface area contributed by atoms with E-state index >= 15 is 0 Å². The molecule has 1 amide bonds. The summed E-state index contributed by atoms with van der Waals surface area (Å²) in [6.45, 7) is 3.69. The van der Waals surface area contributed by atoms with Gasteiger partial charge in [-0.15, -0.1) is 12.4 Å². The molecule has 1 atom stereocenters. The first-order chi connectivity index (χ1) is 12.7. The van der Waals surface area contributed by atoms with Crippen LogP contribution in [0.15, 0.2) is 28.8 Å². The highest BCUT2D eigenvalue weighted by Crippen LogP contribution is 2.26. The molecule has 1 aromatic heterocycles. The van der Waals surface area contributed by atoms with E-state index in [4.69, 9.17) is 9.26 Å². The number of halogens is 1. The maximum absolute atomic E-state index is 11.9. The lowest BCUT2D eigenvalue weighted by atomic mass is 10.2. The molecule has 3 heterocycles. The van der Waals surface area contributed by atoms with Crippen LogP contribution in [-0.4, -0.2) is 54.2 Å². The van der Waals surface area contributed by atoms with Crippen LogP contribution in [0.3, 0.4) is 0 Å². The fourth-order valence-corrected chi connectivity index (χ4v) is 3.36. The van der Waals surface area contributed by atoms with Crippen LogP contribution in [0.5, 0.6) is 5.75 Å². The molecule has 0 bridgehead atoms. The molecule has 1 N–H and O–H groups in total. The number of nitrogens with one attached hydrogen (secondary N) is 1. The van der Waals surface area contributed by atoms with Crippen molar-refractivity contribution in [2.24, 2.45) is 0 Å². The third-order valence-electron chi connectivity index (χ3n) is 4.86. The van der Waals surface area contributed by atoms with Gasteiger partial charge in [0, 0.05) is 44.4 Å². The van der Waals surface area contributed by atoms with Gasteiger partial charge >= 0.3 is 0 Å². The molecule has 0 aliphatic carbocycles. The molecular formula is C18H24ClN5O3. The smallest absolute Gasteiger partial charge is 0.264 e. The summed E-state index contributed by atoms with van der Waals surface area (Å²) in [6, 6.07) is 7.66. The summed E-state index contributed by atoms with van der Waals surface area (Å²) in [4.78, 5) is 20.4. The molecule has 146 valence electrons. The fourth-order valence-electron chi connectivity index (χ4n) is 3.36. The van der Waals surface area contributed by atoms with Crippen LogP contribution < -0.4 is 15.0 Å². The molecule has 1 unspecified atom stereocenters. The van der Waals surface area contributed by atoms with Crippen molar-refractivity contribution in [3.05, 3.63) is 36.0 Å². The molecule has 2 saturated heterocycles. The van der Waals surface area contributed by atoms with Gasteiger partial charge in [0.2, 0.25) is 5.91 Å². The van der Waals surface area contributed by atoms with E-state index in [2.05, 4.69) is 27.4 Å². The van der Waals surface area contributed by atoms with Crippen LogP contribution in [0.25, 0.3) is 0 Å². The Morgan fingerprint density at radius 3 is 3.04 bits per heavy atom. The summed E-state index contributed by atoms with van der Waals surface area (Å²) in [7, 11) is 2.06. The van der Waals surface area contributed by atoms with Gasteiger partial charge < -0.3 is 19.5 Å². The molecule has 9 heteroatoms. The maximum Gasteiger partial charge on any atom is 0.264 e. The van der Waals surface area contributed by atoms with E-state index in [1.165, 1.54) is 0 Å². The summed E-state index contributed by atoms with van der Waals surface area (Å²) in [6.07, 6.45) is 1.51. The molecule has 1 aromatic carbocycles. The van der Waals surface area contributed by atoms with E-state index in [9.17, 15) is 4.79 Å². The highest BCUT2D eigenvalue weighted by atomic mass is 35.5. The lowest BCUT2D eigenvalue weighted by molar-refractivity contribution is -0.117. The second kappa shape index (κ2) is 8.69. The number of amides is 1. The van der Waals surface area contributed by atoms with Crippen LogP contribution >= 0.6 is 12.4 Å². The summed E-state index contributed by atoms with van der Waals surface area (Å²) >= 11 is 0. The van der Waals surface area contributed by atoms with Crippen LogP contribution in [-0.2, 0) is 11.4 Å². The quantitative estimate of drug-likeness (QED) is 0.828. The Labute approximate surface area is 164 Å². The zero-order valence-corrected chi connectivity index (χ0v) is 16.1. The Hall–Kier alpha value is -2.16. The summed E-state index contributed by atoms with van der Waals surface area (Å²) < 4.78 is 11.1. The van der Waals surface area contributed by atoms with Crippen LogP contribution in [0.2, 0.25) is 0 Å². The minimum absolute atomic E-state index is 0. The van der Waals surface area contributed by atoms with Gasteiger partial charge in [0.15, 0.2) is 12.4 Å². The number of ether oxygens (including phenoxy) is 1. The van der Waals surface area contributed by atoms with Gasteiger partial charge in [-0.25, -0.2) is 0 Å². The summed E-state index contributed by atoms with van der Waals surface area (Å²) in [5, 5.41) is 7.43. The van der Waals surface area contributed by atoms with Gasteiger partial charge in [0.1, 0.15) is 5.75 Å². The first-order valence-corrected chi connectivity index (χ1v) is 8.97. The zero-order chi connectivity index (χ0) is 17.9. The third kappa shape index (κ3) is 4.40. The normalized spacial score (nSPS) is 20.6. The van der Waals surface area contributed by atoms with E-state index in [0.29, 0.717) is 23.9 Å². The molecule has 4 rings (SSSR count). The van der Waals surface area contributed by atoms with Crippen molar-refractivity contribution < 1.29 is 14.1 Å². The second-order valence-electron chi connectivity index (χ2n) is 6.68. The van der Waals surface area contributed by atoms with Crippen molar-refractivity contribution in [2.75, 3.05) is 38.1 Å². The lowest BCUT2D eigenvalue weighted by Crippen LogP contribution is -2.44. The van der Waals surface area contributed by atoms with Crippen molar-refractivity contribution in [1.29, 1.82) is 0 Å². The molecule has 2 aliphatic rings. The molecule has 0 radical (unpaired) electrons. The van der Waals surface area contributed by atoms with Crippen molar-refractivity contribution in [2.45, 2.75) is 25.5 Å². The first kappa shape index (κ1) is 19.6. The number of hydrogen-bond acceptors (Lipinski definition) is 7. The fraction of sp³-hybridized carbons (Fsp3) is 0.500. The van der Waals surface area contributed by atoms with Crippen LogP contribution in [0.4, 0.5) is 5.69 Å².